The molecule has 0 spiro atoms. The van der Waals surface area contributed by atoms with Crippen LogP contribution in [0.15, 0.2) is 160 Å². The molecule has 9 aromatic rings. The van der Waals surface area contributed by atoms with E-state index < -0.39 is 0 Å². The fourth-order valence-corrected chi connectivity index (χ4v) is 9.54. The molecule has 0 amide bonds. The van der Waals surface area contributed by atoms with Gasteiger partial charge in [0, 0.05) is 62.1 Å². The van der Waals surface area contributed by atoms with Gasteiger partial charge < -0.3 is 28.1 Å². The SMILES string of the molecule is Cc1cc2c3c(c1)N(c1ccccc1)c1cc4c(cc1B3c1cc(C(C)(C)C)ccc1N2c1cc(-c2cc3ccccc3o2)cc(-c2cc3ccccc3o2)c1)OCCO4. The summed E-state index contributed by atoms with van der Waals surface area (Å²) >= 11 is 0. The van der Waals surface area contributed by atoms with E-state index >= 15 is 0 Å². The second-order valence-corrected chi connectivity index (χ2v) is 17.3. The number of aryl methyl sites for hydroxylation is 1. The number of rotatable bonds is 4. The molecule has 3 aliphatic heterocycles. The Kier molecular flexibility index (Phi) is 7.52. The minimum atomic E-state index is -0.0802. The number of anilines is 6. The second-order valence-electron chi connectivity index (χ2n) is 17.3. The van der Waals surface area contributed by atoms with Crippen LogP contribution in [0.25, 0.3) is 44.6 Å². The zero-order chi connectivity index (χ0) is 40.3. The maximum Gasteiger partial charge on any atom is 0.252 e. The molecule has 0 bridgehead atoms. The average molecular weight is 781 g/mol. The number of para-hydroxylation sites is 3. The van der Waals surface area contributed by atoms with Gasteiger partial charge in [0.25, 0.3) is 6.71 Å². The van der Waals surface area contributed by atoms with Crippen LogP contribution in [0, 0.1) is 6.92 Å². The third kappa shape index (κ3) is 5.42. The number of ether oxygens (including phenoxy) is 2. The van der Waals surface area contributed by atoms with E-state index in [9.17, 15) is 0 Å². The molecule has 7 aromatic carbocycles. The van der Waals surface area contributed by atoms with Crippen LogP contribution in [0.1, 0.15) is 31.9 Å². The van der Waals surface area contributed by atoms with Gasteiger partial charge in [0.05, 0.1) is 0 Å². The highest BCUT2D eigenvalue weighted by Gasteiger charge is 2.45. The van der Waals surface area contributed by atoms with Gasteiger partial charge in [-0.1, -0.05) is 87.5 Å². The molecule has 5 heterocycles. The molecule has 290 valence electrons. The Morgan fingerprint density at radius 3 is 1.68 bits per heavy atom. The molecule has 0 aliphatic carbocycles. The van der Waals surface area contributed by atoms with Crippen molar-refractivity contribution >= 4 is 79.2 Å². The van der Waals surface area contributed by atoms with Crippen molar-refractivity contribution in [2.45, 2.75) is 33.1 Å². The smallest absolute Gasteiger partial charge is 0.252 e. The van der Waals surface area contributed by atoms with Gasteiger partial charge in [-0.25, -0.2) is 0 Å². The highest BCUT2D eigenvalue weighted by atomic mass is 16.6. The highest BCUT2D eigenvalue weighted by molar-refractivity contribution is 7.00. The summed E-state index contributed by atoms with van der Waals surface area (Å²) in [5.41, 5.74) is 16.3. The van der Waals surface area contributed by atoms with Crippen LogP contribution < -0.4 is 35.7 Å². The predicted molar refractivity (Wildman–Crippen MR) is 245 cm³/mol. The van der Waals surface area contributed by atoms with E-state index in [1.54, 1.807) is 0 Å². The van der Waals surface area contributed by atoms with Crippen LogP contribution in [0.3, 0.4) is 0 Å². The van der Waals surface area contributed by atoms with E-state index in [0.29, 0.717) is 13.2 Å². The van der Waals surface area contributed by atoms with Crippen LogP contribution >= 0.6 is 0 Å². The van der Waals surface area contributed by atoms with Gasteiger partial charge in [-0.05, 0) is 119 Å². The van der Waals surface area contributed by atoms with Gasteiger partial charge in [-0.15, -0.1) is 0 Å². The largest absolute Gasteiger partial charge is 0.486 e. The summed E-state index contributed by atoms with van der Waals surface area (Å²) in [6.45, 7) is 10.0. The third-order valence-electron chi connectivity index (χ3n) is 12.4. The second kappa shape index (κ2) is 12.9. The van der Waals surface area contributed by atoms with E-state index in [-0.39, 0.29) is 12.1 Å². The molecule has 7 heteroatoms. The Morgan fingerprint density at radius 2 is 1.07 bits per heavy atom. The molecule has 0 fully saturated rings. The molecular formula is C53H41BN2O4. The number of furan rings is 2. The average Bonchev–Trinajstić information content (AvgIpc) is 3.91. The third-order valence-corrected chi connectivity index (χ3v) is 12.4. The Balaban J connectivity index is 1.16. The lowest BCUT2D eigenvalue weighted by Gasteiger charge is -2.45. The van der Waals surface area contributed by atoms with Gasteiger partial charge in [-0.2, -0.15) is 0 Å². The lowest BCUT2D eigenvalue weighted by atomic mass is 9.33. The number of hydrogen-bond acceptors (Lipinski definition) is 6. The molecule has 0 atom stereocenters. The first-order valence-corrected chi connectivity index (χ1v) is 20.8. The Morgan fingerprint density at radius 1 is 0.500 bits per heavy atom. The summed E-state index contributed by atoms with van der Waals surface area (Å²) in [5.74, 6) is 3.17. The summed E-state index contributed by atoms with van der Waals surface area (Å²) in [7, 11) is 0. The first-order chi connectivity index (χ1) is 29.2. The van der Waals surface area contributed by atoms with E-state index in [2.05, 4.69) is 165 Å². The van der Waals surface area contributed by atoms with Crippen LogP contribution in [-0.4, -0.2) is 19.9 Å². The molecule has 0 saturated heterocycles. The Bertz CT molecular complexity index is 3040. The van der Waals surface area contributed by atoms with Gasteiger partial charge in [0.15, 0.2) is 11.5 Å². The maximum absolute atomic E-state index is 6.59. The molecule has 2 aromatic heterocycles. The molecular weight excluding hydrogens is 739 g/mol. The first-order valence-electron chi connectivity index (χ1n) is 20.8. The standard InChI is InChI=1S/C53H41BN2O4/c1-32-22-44-52-45(23-32)56(39-25-35(48-27-33-12-8-10-16-46(33)59-48)24-36(26-39)49-28-34-13-9-11-17-47(34)60-49)42-19-18-37(53(2,3)4)29-40(42)54(52)41-30-50-51(58-21-20-57-50)31-43(41)55(44)38-14-6-5-7-15-38/h5-19,22-31H,20-21H2,1-4H3. The van der Waals surface area contributed by atoms with Crippen LogP contribution in [-0.2, 0) is 5.41 Å². The minimum Gasteiger partial charge on any atom is -0.486 e. The first kappa shape index (κ1) is 34.9. The number of fused-ring (bicyclic) bond motifs is 7. The van der Waals surface area contributed by atoms with Crippen LogP contribution in [0.2, 0.25) is 0 Å². The van der Waals surface area contributed by atoms with Gasteiger partial charge >= 0.3 is 0 Å². The van der Waals surface area contributed by atoms with E-state index in [4.69, 9.17) is 18.3 Å². The van der Waals surface area contributed by atoms with E-state index in [0.717, 1.165) is 95.8 Å². The summed E-state index contributed by atoms with van der Waals surface area (Å²) in [4.78, 5) is 4.88. The van der Waals surface area contributed by atoms with Crippen molar-refractivity contribution in [2.75, 3.05) is 23.0 Å². The van der Waals surface area contributed by atoms with Gasteiger partial charge in [-0.3, -0.25) is 0 Å². The van der Waals surface area contributed by atoms with Crippen LogP contribution in [0.4, 0.5) is 34.1 Å². The molecule has 6 nitrogen and oxygen atoms in total. The number of benzene rings is 7. The van der Waals surface area contributed by atoms with Crippen molar-refractivity contribution in [3.63, 3.8) is 0 Å². The fourth-order valence-electron chi connectivity index (χ4n) is 9.54. The highest BCUT2D eigenvalue weighted by Crippen LogP contribution is 2.48. The van der Waals surface area contributed by atoms with E-state index in [1.165, 1.54) is 22.0 Å². The molecule has 60 heavy (non-hydrogen) atoms. The summed E-state index contributed by atoms with van der Waals surface area (Å²) in [6.07, 6.45) is 0. The topological polar surface area (TPSA) is 51.2 Å². The van der Waals surface area contributed by atoms with Crippen molar-refractivity contribution in [3.8, 4) is 34.1 Å². The van der Waals surface area contributed by atoms with Crippen molar-refractivity contribution in [3.05, 3.63) is 163 Å². The Hall–Kier alpha value is -7.12. The van der Waals surface area contributed by atoms with Crippen molar-refractivity contribution in [1.29, 1.82) is 0 Å². The normalized spacial score (nSPS) is 14.0. The fraction of sp³-hybridized carbons (Fsp3) is 0.132. The van der Waals surface area contributed by atoms with Crippen molar-refractivity contribution < 1.29 is 18.3 Å². The lowest BCUT2D eigenvalue weighted by Crippen LogP contribution is -2.61. The monoisotopic (exact) mass is 780 g/mol. The zero-order valence-electron chi connectivity index (χ0n) is 34.0. The molecule has 3 aliphatic rings. The van der Waals surface area contributed by atoms with E-state index in [1.807, 2.05) is 24.3 Å². The molecule has 0 unspecified atom stereocenters. The maximum atomic E-state index is 6.59. The predicted octanol–water partition coefficient (Wildman–Crippen LogP) is 12.0. The number of nitrogens with zero attached hydrogens (tertiary/aromatic N) is 2. The Labute approximate surface area is 349 Å². The van der Waals surface area contributed by atoms with Crippen LogP contribution in [0.5, 0.6) is 11.5 Å². The molecule has 12 rings (SSSR count). The molecule has 0 N–H and O–H groups in total. The molecule has 0 radical (unpaired) electrons. The quantitative estimate of drug-likeness (QED) is 0.166. The van der Waals surface area contributed by atoms with Gasteiger partial charge in [0.2, 0.25) is 0 Å². The summed E-state index contributed by atoms with van der Waals surface area (Å²) in [5, 5.41) is 2.13. The summed E-state index contributed by atoms with van der Waals surface area (Å²) in [6, 6.07) is 54.3. The number of hydrogen-bond donors (Lipinski definition) is 0. The zero-order valence-corrected chi connectivity index (χ0v) is 34.0. The van der Waals surface area contributed by atoms with Crippen molar-refractivity contribution in [2.24, 2.45) is 0 Å². The lowest BCUT2D eigenvalue weighted by molar-refractivity contribution is 0.172. The molecule has 0 saturated carbocycles. The van der Waals surface area contributed by atoms with Gasteiger partial charge in [0.1, 0.15) is 35.9 Å². The summed E-state index contributed by atoms with van der Waals surface area (Å²) < 4.78 is 25.8. The minimum absolute atomic E-state index is 0.0771. The van der Waals surface area contributed by atoms with Crippen molar-refractivity contribution in [1.82, 2.24) is 0 Å².